The number of rotatable bonds is 21. The van der Waals surface area contributed by atoms with E-state index in [2.05, 4.69) is 124 Å². The van der Waals surface area contributed by atoms with E-state index >= 15 is 0 Å². The first-order valence-electron chi connectivity index (χ1n) is 45.4. The van der Waals surface area contributed by atoms with Gasteiger partial charge in [0.05, 0.1) is 28.6 Å². The fourth-order valence-corrected chi connectivity index (χ4v) is 16.7. The first kappa shape index (κ1) is 91.8. The Bertz CT molecular complexity index is 6620. The number of anilines is 10. The number of hydrazine groups is 1. The van der Waals surface area contributed by atoms with E-state index in [1.54, 1.807) is 67.5 Å². The molecule has 4 amide bonds. The van der Waals surface area contributed by atoms with Crippen molar-refractivity contribution < 1.29 is 19.2 Å². The number of piperidine rings is 4. The summed E-state index contributed by atoms with van der Waals surface area (Å²) in [6, 6.07) is 62.7. The van der Waals surface area contributed by atoms with E-state index in [-0.39, 0.29) is 79.6 Å². The van der Waals surface area contributed by atoms with Gasteiger partial charge in [0.1, 0.15) is 28.6 Å². The molecule has 0 saturated carbocycles. The summed E-state index contributed by atoms with van der Waals surface area (Å²) >= 11 is 0. The van der Waals surface area contributed by atoms with Gasteiger partial charge in [0.25, 0.3) is 45.9 Å². The molecular formula is C104H116N20O8. The van der Waals surface area contributed by atoms with E-state index in [4.69, 9.17) is 5.73 Å². The topological polar surface area (TPSA) is 371 Å². The summed E-state index contributed by atoms with van der Waals surface area (Å²) in [5.41, 5.74) is 26.2. The van der Waals surface area contributed by atoms with Crippen LogP contribution in [0.5, 0.6) is 0 Å². The summed E-state index contributed by atoms with van der Waals surface area (Å²) in [4.78, 5) is 137. The number of para-hydroxylation sites is 1. The van der Waals surface area contributed by atoms with Crippen molar-refractivity contribution in [3.05, 3.63) is 307 Å². The van der Waals surface area contributed by atoms with Gasteiger partial charge in [-0.3, -0.25) is 38.4 Å². The second kappa shape index (κ2) is 42.1. The van der Waals surface area contributed by atoms with Crippen LogP contribution in [0.25, 0.3) is 66.6 Å². The molecule has 0 spiro atoms. The first-order valence-corrected chi connectivity index (χ1v) is 45.4. The Balaban J connectivity index is 0.000000135. The number of imidazole rings is 1. The minimum atomic E-state index is -0.376. The predicted molar refractivity (Wildman–Crippen MR) is 534 cm³/mol. The van der Waals surface area contributed by atoms with Gasteiger partial charge in [-0.25, -0.2) is 15.0 Å². The van der Waals surface area contributed by atoms with Gasteiger partial charge in [0.15, 0.2) is 0 Å². The van der Waals surface area contributed by atoms with Gasteiger partial charge < -0.3 is 87.2 Å². The molecule has 18 rings (SSSR count). The van der Waals surface area contributed by atoms with E-state index < -0.39 is 0 Å². The molecule has 4 fully saturated rings. The lowest BCUT2D eigenvalue weighted by atomic mass is 9.85. The fourth-order valence-electron chi connectivity index (χ4n) is 16.7. The van der Waals surface area contributed by atoms with E-state index in [9.17, 15) is 38.4 Å². The molecule has 4 aliphatic rings. The average molecular weight is 1770 g/mol. The van der Waals surface area contributed by atoms with Crippen molar-refractivity contribution in [1.29, 1.82) is 0 Å². The molecule has 4 aliphatic heterocycles. The lowest BCUT2D eigenvalue weighted by Crippen LogP contribution is -2.39. The van der Waals surface area contributed by atoms with Crippen LogP contribution in [0.1, 0.15) is 159 Å². The zero-order valence-corrected chi connectivity index (χ0v) is 75.8. The van der Waals surface area contributed by atoms with Crippen LogP contribution >= 0.6 is 0 Å². The van der Waals surface area contributed by atoms with Crippen molar-refractivity contribution in [3.63, 3.8) is 0 Å². The SMILES string of the molecule is CC(C)(C)c1cc(-c2c[nH]c(=O)c(NC(=O)c3ccc(N4CCCCC4)cc3)c2)c2nc[nH]c2c1.CC(C)(N)CNc1cccc(-c2c[nH]c(=O)c(NC(=O)c3ccc(N4CCCCC4)cc3)c2)n1.CN(C)Nc1cccc(-c2c[nH]c(=O)c(NC(=O)c3ccc(N4CCCCC4)cc3)c2)c1.O=C(Nc1cc(-c2cccc3cc[nH]c23)c[nH]c1=O)c1ccc(N2CCCCC2)cc1. The molecule has 0 radical (unpaired) electrons. The van der Waals surface area contributed by atoms with Crippen LogP contribution in [0.4, 0.5) is 57.0 Å². The third kappa shape index (κ3) is 23.8. The van der Waals surface area contributed by atoms with E-state index in [1.165, 1.54) is 77.0 Å². The van der Waals surface area contributed by atoms with Gasteiger partial charge in [0.2, 0.25) is 0 Å². The highest BCUT2D eigenvalue weighted by molar-refractivity contribution is 6.08. The normalized spacial score (nSPS) is 14.0. The number of H-pyrrole nitrogens is 6. The molecule has 0 atom stereocenters. The third-order valence-corrected chi connectivity index (χ3v) is 23.9. The van der Waals surface area contributed by atoms with Crippen LogP contribution < -0.4 is 79.6 Å². The van der Waals surface area contributed by atoms with E-state index in [1.807, 2.05) is 191 Å². The van der Waals surface area contributed by atoms with Crippen molar-refractivity contribution >= 4 is 103 Å². The Morgan fingerprint density at radius 2 is 0.795 bits per heavy atom. The van der Waals surface area contributed by atoms with Crippen LogP contribution in [0.15, 0.2) is 257 Å². The maximum absolute atomic E-state index is 13.0. The Morgan fingerprint density at radius 1 is 0.402 bits per heavy atom. The molecule has 0 bridgehead atoms. The number of hydrogen-bond donors (Lipinski definition) is 13. The van der Waals surface area contributed by atoms with E-state index in [0.717, 1.165) is 142 Å². The fraction of sp³-hybridized carbons (Fsp3) is 0.288. The maximum Gasteiger partial charge on any atom is 0.271 e. The summed E-state index contributed by atoms with van der Waals surface area (Å²) in [5.74, 6) is -0.569. The quantitative estimate of drug-likeness (QED) is 0.0297. The molecule has 28 heteroatoms. The molecule has 14 N–H and O–H groups in total. The van der Waals surface area contributed by atoms with Crippen molar-refractivity contribution in [3.8, 4) is 44.6 Å². The Labute approximate surface area is 766 Å². The largest absolute Gasteiger partial charge is 0.372 e. The summed E-state index contributed by atoms with van der Waals surface area (Å²) in [6.07, 6.45) is 24.8. The Kier molecular flexibility index (Phi) is 29.3. The summed E-state index contributed by atoms with van der Waals surface area (Å²) < 4.78 is 0. The monoisotopic (exact) mass is 1770 g/mol. The van der Waals surface area contributed by atoms with E-state index in [0.29, 0.717) is 45.9 Å². The number of aromatic nitrogens is 8. The molecule has 28 nitrogen and oxygen atoms in total. The summed E-state index contributed by atoms with van der Waals surface area (Å²) in [7, 11) is 3.83. The molecule has 14 aromatic rings. The first-order chi connectivity index (χ1) is 63.8. The van der Waals surface area contributed by atoms with Gasteiger partial charge in [0, 0.05) is 194 Å². The number of nitrogens with one attached hydrogen (secondary N) is 12. The number of fused-ring (bicyclic) bond motifs is 2. The number of nitrogens with two attached hydrogens (primary N) is 1. The lowest BCUT2D eigenvalue weighted by molar-refractivity contribution is 0.101. The number of hydrogen-bond acceptors (Lipinski definition) is 18. The minimum Gasteiger partial charge on any atom is -0.372 e. The standard InChI is InChI=1S/C28H31N5O2.C26H32N6O2.C25H29N5O2.C25H24N4O2/c1-28(2,3)20-14-22(25-23(15-20)30-17-31-25)19-13-24(27(35)29-16-19)32-26(34)18-7-9-21(10-8-18)33-11-5-4-6-12-33;1-26(2,27)17-29-23-8-6-7-21(30-23)19-15-22(25(34)28-16-19)31-24(33)18-9-11-20(12-10-18)32-13-4-3-5-14-32;1-29(2)28-21-8-6-7-19(15-21)20-16-23(25(32)26-17-20)27-24(31)18-9-11-22(12-10-18)30-13-4-3-5-14-30;30-24(18-7-9-20(10-8-18)29-13-2-1-3-14-29)28-22-15-19(16-27-25(22)31)21-6-4-5-17-11-12-26-23(17)21/h7-10,13-17H,4-6,11-12H2,1-3H3,(H,29,35)(H,30,31)(H,32,34);6-12,15-16H,3-5,13-14,17,27H2,1-2H3,(H,28,34)(H,29,30)(H,31,33);6-12,15-17,28H,3-5,13-14H2,1-2H3,(H,26,32)(H,27,31);4-12,15-16,26H,1-3,13-14H2,(H,27,31)(H,28,30). The number of nitrogens with zero attached hydrogens (tertiary/aromatic N) is 7. The molecule has 7 aromatic heterocycles. The highest BCUT2D eigenvalue weighted by Crippen LogP contribution is 2.36. The van der Waals surface area contributed by atoms with Crippen molar-refractivity contribution in [1.82, 2.24) is 44.9 Å². The van der Waals surface area contributed by atoms with Crippen molar-refractivity contribution in [2.24, 2.45) is 5.73 Å². The zero-order valence-electron chi connectivity index (χ0n) is 75.8. The number of carbonyl (C=O) groups excluding carboxylic acids is 4. The van der Waals surface area contributed by atoms with Crippen LogP contribution in [-0.2, 0) is 5.41 Å². The molecule has 132 heavy (non-hydrogen) atoms. The number of carbonyl (C=O) groups is 4. The second-order valence-electron chi connectivity index (χ2n) is 35.9. The smallest absolute Gasteiger partial charge is 0.271 e. The summed E-state index contributed by atoms with van der Waals surface area (Å²) in [5, 5.41) is 17.2. The molecule has 0 aliphatic carbocycles. The Hall–Kier alpha value is -14.9. The highest BCUT2D eigenvalue weighted by atomic mass is 16.2. The molecule has 7 aromatic carbocycles. The van der Waals surface area contributed by atoms with Crippen LogP contribution in [-0.4, -0.2) is 147 Å². The minimum absolute atomic E-state index is 0.0619. The van der Waals surface area contributed by atoms with Gasteiger partial charge in [-0.15, -0.1) is 0 Å². The van der Waals surface area contributed by atoms with Crippen molar-refractivity contribution in [2.45, 2.75) is 123 Å². The zero-order chi connectivity index (χ0) is 92.4. The predicted octanol–water partition coefficient (Wildman–Crippen LogP) is 18.2. The molecule has 4 saturated heterocycles. The maximum atomic E-state index is 13.0. The van der Waals surface area contributed by atoms with Crippen LogP contribution in [0.3, 0.4) is 0 Å². The number of amides is 4. The third-order valence-electron chi connectivity index (χ3n) is 23.9. The molecule has 0 unspecified atom stereocenters. The van der Waals surface area contributed by atoms with Gasteiger partial charge >= 0.3 is 0 Å². The molecular weight excluding hydrogens is 1660 g/mol. The van der Waals surface area contributed by atoms with Gasteiger partial charge in [-0.1, -0.05) is 57.2 Å². The van der Waals surface area contributed by atoms with Crippen molar-refractivity contribution in [2.75, 3.05) is 125 Å². The van der Waals surface area contributed by atoms with Crippen LogP contribution in [0.2, 0.25) is 0 Å². The Morgan fingerprint density at radius 3 is 1.22 bits per heavy atom. The number of benzene rings is 7. The highest BCUT2D eigenvalue weighted by Gasteiger charge is 2.24. The second-order valence-corrected chi connectivity index (χ2v) is 35.9. The number of aromatic amines is 6. The summed E-state index contributed by atoms with van der Waals surface area (Å²) in [6.45, 7) is 19.3. The average Bonchev–Trinajstić information content (AvgIpc) is 1.68. The molecule has 680 valence electrons. The van der Waals surface area contributed by atoms with Crippen LogP contribution in [0, 0.1) is 0 Å². The molecule has 11 heterocycles. The van der Waals surface area contributed by atoms with Gasteiger partial charge in [-0.05, 0) is 277 Å². The van der Waals surface area contributed by atoms with Gasteiger partial charge in [-0.2, -0.15) is 0 Å². The lowest BCUT2D eigenvalue weighted by Gasteiger charge is -2.28. The number of pyridine rings is 5.